The van der Waals surface area contributed by atoms with Crippen molar-refractivity contribution in [3.8, 4) is 0 Å². The van der Waals surface area contributed by atoms with Crippen LogP contribution in [0.2, 0.25) is 0 Å². The van der Waals surface area contributed by atoms with E-state index >= 15 is 0 Å². The lowest BCUT2D eigenvalue weighted by Crippen LogP contribution is -2.42. The molecular formula is C19H28N6O. The number of hydrogen-bond acceptors (Lipinski definition) is 4. The second-order valence-electron chi connectivity index (χ2n) is 7.79. The van der Waals surface area contributed by atoms with Gasteiger partial charge in [0.2, 0.25) is 5.91 Å². The molecule has 0 bridgehead atoms. The third kappa shape index (κ3) is 3.53. The van der Waals surface area contributed by atoms with Crippen LogP contribution in [-0.2, 0) is 18.4 Å². The summed E-state index contributed by atoms with van der Waals surface area (Å²) in [6.45, 7) is 4.48. The predicted octanol–water partition coefficient (Wildman–Crippen LogP) is 1.73. The molecule has 0 radical (unpaired) electrons. The molecule has 4 rings (SSSR count). The molecule has 3 heterocycles. The first-order valence-corrected chi connectivity index (χ1v) is 9.62. The van der Waals surface area contributed by atoms with Crippen molar-refractivity contribution in [3.63, 3.8) is 0 Å². The van der Waals surface area contributed by atoms with E-state index in [9.17, 15) is 4.79 Å². The van der Waals surface area contributed by atoms with Gasteiger partial charge >= 0.3 is 0 Å². The minimum Gasteiger partial charge on any atom is -0.353 e. The van der Waals surface area contributed by atoms with E-state index in [1.54, 1.807) is 0 Å². The predicted molar refractivity (Wildman–Crippen MR) is 98.4 cm³/mol. The van der Waals surface area contributed by atoms with Crippen LogP contribution in [-0.4, -0.2) is 49.7 Å². The molecule has 2 N–H and O–H groups in total. The highest BCUT2D eigenvalue weighted by atomic mass is 16.2. The molecule has 1 saturated carbocycles. The van der Waals surface area contributed by atoms with Crippen LogP contribution in [0.4, 0.5) is 0 Å². The van der Waals surface area contributed by atoms with E-state index < -0.39 is 0 Å². The van der Waals surface area contributed by atoms with Gasteiger partial charge in [-0.05, 0) is 31.9 Å². The van der Waals surface area contributed by atoms with E-state index in [1.165, 1.54) is 18.5 Å². The summed E-state index contributed by atoms with van der Waals surface area (Å²) in [6, 6.07) is 4.29. The fraction of sp³-hybridized carbons (Fsp3) is 0.632. The number of likely N-dealkylation sites (tertiary alicyclic amines) is 1. The Morgan fingerprint density at radius 3 is 2.81 bits per heavy atom. The molecule has 7 heteroatoms. The maximum Gasteiger partial charge on any atom is 0.223 e. The zero-order valence-corrected chi connectivity index (χ0v) is 15.6. The van der Waals surface area contributed by atoms with Gasteiger partial charge in [-0.3, -0.25) is 14.8 Å². The number of nitrogens with zero attached hydrogens (tertiary/aromatic N) is 4. The summed E-state index contributed by atoms with van der Waals surface area (Å²) in [5, 5.41) is 10.7. The molecule has 140 valence electrons. The highest BCUT2D eigenvalue weighted by Gasteiger charge is 2.38. The normalized spacial score (nSPS) is 24.4. The zero-order chi connectivity index (χ0) is 18.1. The van der Waals surface area contributed by atoms with Gasteiger partial charge in [0.15, 0.2) is 5.82 Å². The number of H-pyrrole nitrogens is 1. The summed E-state index contributed by atoms with van der Waals surface area (Å²) in [7, 11) is 2.07. The quantitative estimate of drug-likeness (QED) is 0.855. The molecule has 2 atom stereocenters. The fourth-order valence-corrected chi connectivity index (χ4v) is 4.33. The first-order chi connectivity index (χ1) is 12.6. The monoisotopic (exact) mass is 356 g/mol. The number of aromatic amines is 1. The Morgan fingerprint density at radius 2 is 2.15 bits per heavy atom. The Bertz CT molecular complexity index is 760. The van der Waals surface area contributed by atoms with Crippen LogP contribution in [0.15, 0.2) is 18.3 Å². The number of aryl methyl sites for hydroxylation is 2. The van der Waals surface area contributed by atoms with Gasteiger partial charge in [0.05, 0.1) is 12.0 Å². The van der Waals surface area contributed by atoms with Gasteiger partial charge in [0, 0.05) is 44.5 Å². The lowest BCUT2D eigenvalue weighted by molar-refractivity contribution is -0.125. The van der Waals surface area contributed by atoms with Crippen LogP contribution < -0.4 is 5.32 Å². The molecule has 1 aliphatic heterocycles. The topological polar surface area (TPSA) is 78.8 Å². The van der Waals surface area contributed by atoms with E-state index in [0.717, 1.165) is 44.1 Å². The van der Waals surface area contributed by atoms with E-state index in [2.05, 4.69) is 55.3 Å². The van der Waals surface area contributed by atoms with E-state index in [1.807, 2.05) is 6.92 Å². The van der Waals surface area contributed by atoms with Gasteiger partial charge in [-0.15, -0.1) is 0 Å². The van der Waals surface area contributed by atoms with Crippen LogP contribution in [0.5, 0.6) is 0 Å². The summed E-state index contributed by atoms with van der Waals surface area (Å²) < 4.78 is 2.15. The summed E-state index contributed by atoms with van der Waals surface area (Å²) in [6.07, 6.45) is 6.46. The highest BCUT2D eigenvalue weighted by molar-refractivity contribution is 5.79. The van der Waals surface area contributed by atoms with Crippen molar-refractivity contribution in [2.24, 2.45) is 13.0 Å². The number of carbonyl (C=O) groups excluding carboxylic acids is 1. The Kier molecular flexibility index (Phi) is 4.80. The van der Waals surface area contributed by atoms with Crippen molar-refractivity contribution >= 4 is 5.91 Å². The Hall–Kier alpha value is -2.15. The van der Waals surface area contributed by atoms with Crippen molar-refractivity contribution in [1.82, 2.24) is 30.0 Å². The van der Waals surface area contributed by atoms with Gasteiger partial charge in [-0.2, -0.15) is 5.10 Å². The van der Waals surface area contributed by atoms with Crippen LogP contribution in [0.1, 0.15) is 48.9 Å². The molecular weight excluding hydrogens is 328 g/mol. The first-order valence-electron chi connectivity index (χ1n) is 9.62. The highest BCUT2D eigenvalue weighted by Crippen LogP contribution is 2.29. The number of nitrogens with one attached hydrogen (secondary N) is 2. The molecule has 1 saturated heterocycles. The molecule has 2 aromatic heterocycles. The number of amides is 1. The summed E-state index contributed by atoms with van der Waals surface area (Å²) in [5.41, 5.74) is 1.28. The fourth-order valence-electron chi connectivity index (χ4n) is 4.33. The van der Waals surface area contributed by atoms with Gasteiger partial charge in [0.25, 0.3) is 0 Å². The van der Waals surface area contributed by atoms with Gasteiger partial charge in [0.1, 0.15) is 5.82 Å². The van der Waals surface area contributed by atoms with Crippen LogP contribution in [0, 0.1) is 12.8 Å². The number of aromatic nitrogens is 4. The third-order valence-electron chi connectivity index (χ3n) is 5.83. The minimum absolute atomic E-state index is 0.0681. The molecule has 1 amide bonds. The Labute approximate surface area is 154 Å². The van der Waals surface area contributed by atoms with Crippen molar-refractivity contribution in [2.45, 2.75) is 51.1 Å². The van der Waals surface area contributed by atoms with Crippen molar-refractivity contribution in [3.05, 3.63) is 35.7 Å². The van der Waals surface area contributed by atoms with Gasteiger partial charge in [-0.25, -0.2) is 4.98 Å². The van der Waals surface area contributed by atoms with Crippen LogP contribution in [0.3, 0.4) is 0 Å². The average molecular weight is 356 g/mol. The molecule has 2 aliphatic rings. The first kappa shape index (κ1) is 17.3. The Balaban J connectivity index is 1.48. The average Bonchev–Trinajstić information content (AvgIpc) is 3.37. The second-order valence-corrected chi connectivity index (χ2v) is 7.79. The molecule has 2 fully saturated rings. The number of carbonyl (C=O) groups is 1. The van der Waals surface area contributed by atoms with Crippen molar-refractivity contribution in [2.75, 3.05) is 13.1 Å². The van der Waals surface area contributed by atoms with E-state index in [4.69, 9.17) is 0 Å². The molecule has 7 nitrogen and oxygen atoms in total. The number of rotatable bonds is 5. The standard InChI is InChI=1S/C19H28N6O/c1-13-20-18(23-22-13)16-11-25(10-15-8-5-9-24(15)2)12-17(16)21-19(26)14-6-3-4-7-14/h5,8-9,14,16-17H,3-4,6-7,10-12H2,1-2H3,(H,21,26)(H,20,22,23)/t16-,17-/m1/s1. The van der Waals surface area contributed by atoms with Gasteiger partial charge in [-0.1, -0.05) is 12.8 Å². The molecule has 2 aromatic rings. The third-order valence-corrected chi connectivity index (χ3v) is 5.83. The van der Waals surface area contributed by atoms with E-state index in [-0.39, 0.29) is 23.8 Å². The van der Waals surface area contributed by atoms with Crippen LogP contribution >= 0.6 is 0 Å². The largest absolute Gasteiger partial charge is 0.353 e. The maximum atomic E-state index is 12.7. The molecule has 0 spiro atoms. The van der Waals surface area contributed by atoms with Crippen LogP contribution in [0.25, 0.3) is 0 Å². The molecule has 0 aromatic carbocycles. The van der Waals surface area contributed by atoms with Crippen molar-refractivity contribution in [1.29, 1.82) is 0 Å². The minimum atomic E-state index is 0.0681. The lowest BCUT2D eigenvalue weighted by atomic mass is 10.0. The summed E-state index contributed by atoms with van der Waals surface area (Å²) >= 11 is 0. The smallest absolute Gasteiger partial charge is 0.223 e. The summed E-state index contributed by atoms with van der Waals surface area (Å²) in [4.78, 5) is 19.6. The summed E-state index contributed by atoms with van der Waals surface area (Å²) in [5.74, 6) is 2.16. The molecule has 1 aliphatic carbocycles. The molecule has 0 unspecified atom stereocenters. The van der Waals surface area contributed by atoms with Crippen molar-refractivity contribution < 1.29 is 4.79 Å². The lowest BCUT2D eigenvalue weighted by Gasteiger charge is -2.20. The maximum absolute atomic E-state index is 12.7. The number of hydrogen-bond donors (Lipinski definition) is 2. The SMILES string of the molecule is Cc1nc([C@@H]2CN(Cc3cccn3C)C[C@H]2NC(=O)C2CCCC2)n[nH]1. The second kappa shape index (κ2) is 7.23. The van der Waals surface area contributed by atoms with Gasteiger partial charge < -0.3 is 9.88 Å². The molecule has 26 heavy (non-hydrogen) atoms. The Morgan fingerprint density at radius 1 is 1.35 bits per heavy atom. The zero-order valence-electron chi connectivity index (χ0n) is 15.6. The van der Waals surface area contributed by atoms with E-state index in [0.29, 0.717) is 0 Å².